The summed E-state index contributed by atoms with van der Waals surface area (Å²) in [5, 5.41) is 15.4. The lowest BCUT2D eigenvalue weighted by atomic mass is 9.84. The van der Waals surface area contributed by atoms with Gasteiger partial charge >= 0.3 is 0 Å². The Hall–Kier alpha value is -0.620. The van der Waals surface area contributed by atoms with Gasteiger partial charge in [0.1, 0.15) is 6.10 Å². The van der Waals surface area contributed by atoms with Crippen LogP contribution in [0.4, 0.5) is 0 Å². The molecule has 0 saturated carbocycles. The number of fused-ring (bicyclic) bond motifs is 2. The fourth-order valence-electron chi connectivity index (χ4n) is 3.23. The molecule has 2 bridgehead atoms. The predicted octanol–water partition coefficient (Wildman–Crippen LogP) is 1.78. The SMILES string of the molecule is COCCn1ncc(Cl)c1C(O)C1CC2CCC1O2. The zero-order valence-electron chi connectivity index (χ0n) is 11.0. The van der Waals surface area contributed by atoms with Gasteiger partial charge in [0.25, 0.3) is 0 Å². The van der Waals surface area contributed by atoms with Gasteiger partial charge in [-0.25, -0.2) is 0 Å². The second-order valence-corrected chi connectivity index (χ2v) is 5.72. The molecule has 2 aliphatic rings. The van der Waals surface area contributed by atoms with Crippen LogP contribution in [0.15, 0.2) is 6.20 Å². The number of ether oxygens (including phenoxy) is 2. The van der Waals surface area contributed by atoms with Crippen molar-refractivity contribution >= 4 is 11.6 Å². The van der Waals surface area contributed by atoms with Crippen LogP contribution in [0.25, 0.3) is 0 Å². The van der Waals surface area contributed by atoms with E-state index in [0.29, 0.717) is 30.0 Å². The minimum Gasteiger partial charge on any atom is -0.386 e. The zero-order chi connectivity index (χ0) is 13.4. The predicted molar refractivity (Wildman–Crippen MR) is 70.1 cm³/mol. The van der Waals surface area contributed by atoms with E-state index >= 15 is 0 Å². The van der Waals surface area contributed by atoms with Crippen molar-refractivity contribution in [2.24, 2.45) is 5.92 Å². The highest BCUT2D eigenvalue weighted by molar-refractivity contribution is 6.31. The summed E-state index contributed by atoms with van der Waals surface area (Å²) in [5.74, 6) is 0.134. The number of aromatic nitrogens is 2. The van der Waals surface area contributed by atoms with Crippen molar-refractivity contribution in [1.29, 1.82) is 0 Å². The maximum absolute atomic E-state index is 10.6. The van der Waals surface area contributed by atoms with Gasteiger partial charge in [0.05, 0.1) is 42.3 Å². The molecule has 0 aliphatic carbocycles. The number of hydrogen-bond acceptors (Lipinski definition) is 4. The average Bonchev–Trinajstić information content (AvgIpc) is 3.10. The van der Waals surface area contributed by atoms with Gasteiger partial charge in [0.2, 0.25) is 0 Å². The topological polar surface area (TPSA) is 56.5 Å². The Morgan fingerprint density at radius 3 is 3.11 bits per heavy atom. The number of halogens is 1. The Balaban J connectivity index is 1.79. The van der Waals surface area contributed by atoms with E-state index < -0.39 is 6.10 Å². The minimum atomic E-state index is -0.609. The minimum absolute atomic E-state index is 0.134. The third kappa shape index (κ3) is 2.40. The van der Waals surface area contributed by atoms with Crippen molar-refractivity contribution in [2.75, 3.05) is 13.7 Å². The van der Waals surface area contributed by atoms with Crippen LogP contribution in [0.2, 0.25) is 5.02 Å². The molecule has 2 saturated heterocycles. The summed E-state index contributed by atoms with van der Waals surface area (Å²) >= 11 is 6.17. The standard InChI is InChI=1S/C13H19ClN2O3/c1-18-5-4-16-12(10(14)7-15-16)13(17)9-6-8-2-3-11(9)19-8/h7-9,11,13,17H,2-6H2,1H3. The second kappa shape index (κ2) is 5.40. The molecule has 6 heteroatoms. The van der Waals surface area contributed by atoms with Crippen molar-refractivity contribution in [3.63, 3.8) is 0 Å². The molecule has 106 valence electrons. The maximum Gasteiger partial charge on any atom is 0.103 e. The summed E-state index contributed by atoms with van der Waals surface area (Å²) in [5.41, 5.74) is 0.694. The number of methoxy groups -OCH3 is 1. The highest BCUT2D eigenvalue weighted by Crippen LogP contribution is 2.45. The van der Waals surface area contributed by atoms with E-state index in [4.69, 9.17) is 21.1 Å². The number of rotatable bonds is 5. The number of nitrogens with zero attached hydrogens (tertiary/aromatic N) is 2. The smallest absolute Gasteiger partial charge is 0.103 e. The van der Waals surface area contributed by atoms with Crippen LogP contribution in [0.1, 0.15) is 31.1 Å². The third-order valence-corrected chi connectivity index (χ3v) is 4.47. The van der Waals surface area contributed by atoms with Crippen LogP contribution in [0.3, 0.4) is 0 Å². The van der Waals surface area contributed by atoms with E-state index in [1.807, 2.05) is 0 Å². The Morgan fingerprint density at radius 1 is 1.63 bits per heavy atom. The highest BCUT2D eigenvalue weighted by atomic mass is 35.5. The summed E-state index contributed by atoms with van der Waals surface area (Å²) in [6.45, 7) is 1.14. The molecule has 2 fully saturated rings. The lowest BCUT2D eigenvalue weighted by Crippen LogP contribution is -2.26. The molecule has 3 heterocycles. The van der Waals surface area contributed by atoms with Crippen LogP contribution in [0.5, 0.6) is 0 Å². The van der Waals surface area contributed by atoms with E-state index in [9.17, 15) is 5.11 Å². The van der Waals surface area contributed by atoms with Crippen molar-refractivity contribution < 1.29 is 14.6 Å². The first-order chi connectivity index (χ1) is 9.20. The molecular weight excluding hydrogens is 268 g/mol. The molecule has 0 amide bonds. The van der Waals surface area contributed by atoms with Gasteiger partial charge in [0, 0.05) is 13.0 Å². The van der Waals surface area contributed by atoms with Crippen molar-refractivity contribution in [3.05, 3.63) is 16.9 Å². The van der Waals surface area contributed by atoms with Gasteiger partial charge < -0.3 is 14.6 Å². The average molecular weight is 287 g/mol. The summed E-state index contributed by atoms with van der Waals surface area (Å²) in [6, 6.07) is 0. The Morgan fingerprint density at radius 2 is 2.47 bits per heavy atom. The summed E-state index contributed by atoms with van der Waals surface area (Å²) in [7, 11) is 1.64. The first-order valence-electron chi connectivity index (χ1n) is 6.74. The molecule has 0 aromatic carbocycles. The second-order valence-electron chi connectivity index (χ2n) is 5.31. The number of aliphatic hydroxyl groups is 1. The molecule has 2 aliphatic heterocycles. The van der Waals surface area contributed by atoms with Crippen LogP contribution in [0, 0.1) is 5.92 Å². The molecule has 0 radical (unpaired) electrons. The summed E-state index contributed by atoms with van der Waals surface area (Å²) in [6.07, 6.45) is 4.53. The van der Waals surface area contributed by atoms with E-state index in [2.05, 4.69) is 5.10 Å². The lowest BCUT2D eigenvalue weighted by molar-refractivity contribution is 0.0373. The molecule has 1 aromatic rings. The maximum atomic E-state index is 10.6. The van der Waals surface area contributed by atoms with E-state index in [-0.39, 0.29) is 12.0 Å². The molecule has 1 aromatic heterocycles. The number of hydrogen-bond donors (Lipinski definition) is 1. The highest BCUT2D eigenvalue weighted by Gasteiger charge is 2.45. The van der Waals surface area contributed by atoms with Gasteiger partial charge in [-0.05, 0) is 19.3 Å². The van der Waals surface area contributed by atoms with Crippen molar-refractivity contribution in [3.8, 4) is 0 Å². The Kier molecular flexibility index (Phi) is 3.80. The van der Waals surface area contributed by atoms with Crippen LogP contribution in [-0.4, -0.2) is 40.8 Å². The lowest BCUT2D eigenvalue weighted by Gasteiger charge is -2.25. The Bertz CT molecular complexity index is 451. The quantitative estimate of drug-likeness (QED) is 0.896. The summed E-state index contributed by atoms with van der Waals surface area (Å²) in [4.78, 5) is 0. The van der Waals surface area contributed by atoms with Crippen LogP contribution < -0.4 is 0 Å². The number of aliphatic hydroxyl groups excluding tert-OH is 1. The van der Waals surface area contributed by atoms with Crippen LogP contribution >= 0.6 is 11.6 Å². The largest absolute Gasteiger partial charge is 0.386 e. The van der Waals surface area contributed by atoms with Crippen LogP contribution in [-0.2, 0) is 16.0 Å². The van der Waals surface area contributed by atoms with Gasteiger partial charge in [-0.2, -0.15) is 5.10 Å². The molecule has 3 rings (SSSR count). The summed E-state index contributed by atoms with van der Waals surface area (Å²) < 4.78 is 12.6. The third-order valence-electron chi connectivity index (χ3n) is 4.18. The Labute approximate surface area is 117 Å². The molecule has 1 N–H and O–H groups in total. The fourth-order valence-corrected chi connectivity index (χ4v) is 3.49. The van der Waals surface area contributed by atoms with Crippen molar-refractivity contribution in [2.45, 2.75) is 44.1 Å². The molecule has 4 atom stereocenters. The monoisotopic (exact) mass is 286 g/mol. The van der Waals surface area contributed by atoms with Crippen molar-refractivity contribution in [1.82, 2.24) is 9.78 Å². The molecule has 19 heavy (non-hydrogen) atoms. The van der Waals surface area contributed by atoms with Gasteiger partial charge in [-0.1, -0.05) is 11.6 Å². The first kappa shape index (κ1) is 13.4. The van der Waals surface area contributed by atoms with E-state index in [0.717, 1.165) is 19.3 Å². The van der Waals surface area contributed by atoms with Gasteiger partial charge in [-0.15, -0.1) is 0 Å². The van der Waals surface area contributed by atoms with Gasteiger partial charge in [0.15, 0.2) is 0 Å². The molecule has 5 nitrogen and oxygen atoms in total. The molecule has 0 spiro atoms. The normalized spacial score (nSPS) is 31.0. The first-order valence-corrected chi connectivity index (χ1v) is 7.12. The molecular formula is C13H19ClN2O3. The van der Waals surface area contributed by atoms with Gasteiger partial charge in [-0.3, -0.25) is 4.68 Å². The fraction of sp³-hybridized carbons (Fsp3) is 0.769. The zero-order valence-corrected chi connectivity index (χ0v) is 11.7. The van der Waals surface area contributed by atoms with E-state index in [1.165, 1.54) is 0 Å². The molecule has 4 unspecified atom stereocenters. The van der Waals surface area contributed by atoms with E-state index in [1.54, 1.807) is 18.0 Å².